The van der Waals surface area contributed by atoms with Gasteiger partial charge in [0.2, 0.25) is 0 Å². The van der Waals surface area contributed by atoms with Gasteiger partial charge in [-0.05, 0) is 45.1 Å². The Morgan fingerprint density at radius 1 is 1.10 bits per heavy atom. The van der Waals surface area contributed by atoms with Gasteiger partial charge >= 0.3 is 5.69 Å². The summed E-state index contributed by atoms with van der Waals surface area (Å²) in [6, 6.07) is 6.59. The molecule has 2 aliphatic heterocycles. The minimum absolute atomic E-state index is 0.0935. The molecule has 9 heteroatoms. The molecule has 2 heterocycles. The van der Waals surface area contributed by atoms with Crippen LogP contribution in [0.3, 0.4) is 0 Å². The molecule has 30 heavy (non-hydrogen) atoms. The third-order valence-corrected chi connectivity index (χ3v) is 8.81. The first kappa shape index (κ1) is 22.8. The second-order valence-corrected chi connectivity index (χ2v) is 11.6. The first-order valence-corrected chi connectivity index (χ1v) is 13.3. The molecule has 0 bridgehead atoms. The van der Waals surface area contributed by atoms with Crippen molar-refractivity contribution in [3.8, 4) is 5.69 Å². The van der Waals surface area contributed by atoms with Gasteiger partial charge in [-0.1, -0.05) is 43.9 Å². The van der Waals surface area contributed by atoms with Gasteiger partial charge < -0.3 is 0 Å². The van der Waals surface area contributed by atoms with Crippen LogP contribution in [0.25, 0.3) is 5.69 Å². The molecule has 3 rings (SSSR count). The SMILES string of the molecule is CCCCCCSc1sc(C)c(C)n2c(=O)nc(NS(=O)(=O)c3ccc(C)cc3)c1-2. The molecule has 6 nitrogen and oxygen atoms in total. The summed E-state index contributed by atoms with van der Waals surface area (Å²) in [5.74, 6) is 1.01. The maximum Gasteiger partial charge on any atom is 0.354 e. The molecule has 1 N–H and O–H groups in total. The van der Waals surface area contributed by atoms with Crippen molar-refractivity contribution in [2.75, 3.05) is 10.5 Å². The fraction of sp³-hybridized carbons (Fsp3) is 0.429. The first-order valence-electron chi connectivity index (χ1n) is 9.99. The number of nitrogens with zero attached hydrogens (tertiary/aromatic N) is 2. The summed E-state index contributed by atoms with van der Waals surface area (Å²) in [4.78, 5) is 17.8. The molecule has 0 amide bonds. The fourth-order valence-electron chi connectivity index (χ4n) is 3.08. The molecule has 1 aromatic carbocycles. The highest BCUT2D eigenvalue weighted by molar-refractivity contribution is 8.01. The lowest BCUT2D eigenvalue weighted by Crippen LogP contribution is -2.17. The summed E-state index contributed by atoms with van der Waals surface area (Å²) < 4.78 is 30.8. The molecular formula is C21H27N3O3S3. The van der Waals surface area contributed by atoms with Crippen molar-refractivity contribution in [3.63, 3.8) is 0 Å². The molecule has 0 atom stereocenters. The summed E-state index contributed by atoms with van der Waals surface area (Å²) in [5.41, 5.74) is 1.83. The van der Waals surface area contributed by atoms with E-state index in [1.165, 1.54) is 17.4 Å². The molecule has 0 spiro atoms. The van der Waals surface area contributed by atoms with E-state index >= 15 is 0 Å². The molecule has 1 aromatic rings. The topological polar surface area (TPSA) is 81.1 Å². The van der Waals surface area contributed by atoms with Crippen molar-refractivity contribution in [1.29, 1.82) is 0 Å². The van der Waals surface area contributed by atoms with Crippen molar-refractivity contribution in [1.82, 2.24) is 9.55 Å². The Kier molecular flexibility index (Phi) is 7.26. The number of fused-ring (bicyclic) bond motifs is 1. The van der Waals surface area contributed by atoms with Crippen LogP contribution < -0.4 is 10.4 Å². The van der Waals surface area contributed by atoms with Crippen LogP contribution in [0, 0.1) is 20.8 Å². The summed E-state index contributed by atoms with van der Waals surface area (Å²) in [6.07, 6.45) is 4.61. The Hall–Kier alpha value is -1.84. The Labute approximate surface area is 186 Å². The minimum atomic E-state index is -3.85. The number of nitrogens with one attached hydrogen (secondary N) is 1. The van der Waals surface area contributed by atoms with E-state index in [0.717, 1.165) is 38.9 Å². The van der Waals surface area contributed by atoms with Crippen LogP contribution in [0.4, 0.5) is 5.82 Å². The number of sulfonamides is 1. The van der Waals surface area contributed by atoms with Crippen molar-refractivity contribution < 1.29 is 8.42 Å². The van der Waals surface area contributed by atoms with Crippen LogP contribution in [0.15, 0.2) is 38.2 Å². The largest absolute Gasteiger partial charge is 0.354 e. The Morgan fingerprint density at radius 3 is 2.47 bits per heavy atom. The predicted molar refractivity (Wildman–Crippen MR) is 125 cm³/mol. The summed E-state index contributed by atoms with van der Waals surface area (Å²) in [5, 5.41) is 0. The lowest BCUT2D eigenvalue weighted by Gasteiger charge is -2.16. The number of aryl methyl sites for hydroxylation is 2. The quantitative estimate of drug-likeness (QED) is 0.350. The van der Waals surface area contributed by atoms with E-state index in [9.17, 15) is 13.2 Å². The van der Waals surface area contributed by atoms with Crippen LogP contribution in [0.2, 0.25) is 0 Å². The Balaban J connectivity index is 1.98. The minimum Gasteiger partial charge on any atom is -0.261 e. The normalized spacial score (nSPS) is 11.9. The van der Waals surface area contributed by atoms with Gasteiger partial charge in [0.1, 0.15) is 5.69 Å². The van der Waals surface area contributed by atoms with Gasteiger partial charge in [-0.15, -0.1) is 23.1 Å². The first-order chi connectivity index (χ1) is 14.2. The predicted octanol–water partition coefficient (Wildman–Crippen LogP) is 5.13. The zero-order valence-corrected chi connectivity index (χ0v) is 20.1. The average Bonchev–Trinajstić information content (AvgIpc) is 3.01. The van der Waals surface area contributed by atoms with Crippen molar-refractivity contribution in [2.24, 2.45) is 0 Å². The second-order valence-electron chi connectivity index (χ2n) is 7.29. The molecule has 0 aliphatic carbocycles. The lowest BCUT2D eigenvalue weighted by molar-refractivity contribution is 0.601. The van der Waals surface area contributed by atoms with Crippen LogP contribution >= 0.6 is 23.1 Å². The summed E-state index contributed by atoms with van der Waals surface area (Å²) in [7, 11) is -3.85. The Morgan fingerprint density at radius 2 is 1.80 bits per heavy atom. The smallest absolute Gasteiger partial charge is 0.261 e. The molecular weight excluding hydrogens is 438 g/mol. The standard InChI is InChI=1S/C21H27N3O3S3/c1-5-6-7-8-13-28-20-18-19(22-21(25)24(18)15(3)16(4)29-20)23-30(26,27)17-11-9-14(2)10-12-17/h9-12H,5-8,13H2,1-4H3,(H,22,23,25). The highest BCUT2D eigenvalue weighted by Gasteiger charge is 2.26. The van der Waals surface area contributed by atoms with E-state index in [4.69, 9.17) is 0 Å². The number of hydrogen-bond acceptors (Lipinski definition) is 6. The fourth-order valence-corrected chi connectivity index (χ4v) is 6.61. The van der Waals surface area contributed by atoms with Gasteiger partial charge in [0, 0.05) is 10.6 Å². The van der Waals surface area contributed by atoms with Crippen LogP contribution in [-0.4, -0.2) is 23.7 Å². The lowest BCUT2D eigenvalue weighted by atomic mass is 10.2. The van der Waals surface area contributed by atoms with Gasteiger partial charge in [0.25, 0.3) is 10.0 Å². The van der Waals surface area contributed by atoms with Crippen LogP contribution in [0.5, 0.6) is 0 Å². The van der Waals surface area contributed by atoms with Gasteiger partial charge in [-0.25, -0.2) is 13.2 Å². The number of hydrogen-bond donors (Lipinski definition) is 1. The molecule has 0 fully saturated rings. The van der Waals surface area contributed by atoms with Crippen molar-refractivity contribution >= 4 is 38.9 Å². The number of unbranched alkanes of at least 4 members (excludes halogenated alkanes) is 3. The highest BCUT2D eigenvalue weighted by Crippen LogP contribution is 2.38. The zero-order chi connectivity index (χ0) is 21.9. The molecule has 0 radical (unpaired) electrons. The van der Waals surface area contributed by atoms with Crippen LogP contribution in [-0.2, 0) is 10.0 Å². The van der Waals surface area contributed by atoms with E-state index in [0.29, 0.717) is 5.69 Å². The van der Waals surface area contributed by atoms with E-state index in [1.807, 2.05) is 20.8 Å². The molecule has 162 valence electrons. The number of anilines is 1. The number of rotatable bonds is 9. The maximum atomic E-state index is 12.9. The monoisotopic (exact) mass is 465 g/mol. The van der Waals surface area contributed by atoms with Gasteiger partial charge in [-0.3, -0.25) is 9.29 Å². The van der Waals surface area contributed by atoms with Gasteiger partial charge in [-0.2, -0.15) is 4.98 Å². The third-order valence-electron chi connectivity index (χ3n) is 4.92. The summed E-state index contributed by atoms with van der Waals surface area (Å²) in [6.45, 7) is 7.90. The molecule has 0 aromatic heterocycles. The van der Waals surface area contributed by atoms with E-state index < -0.39 is 15.7 Å². The number of aromatic nitrogens is 2. The van der Waals surface area contributed by atoms with E-state index in [-0.39, 0.29) is 10.7 Å². The Bertz CT molecular complexity index is 1150. The van der Waals surface area contributed by atoms with Gasteiger partial charge in [0.05, 0.1) is 9.10 Å². The van der Waals surface area contributed by atoms with E-state index in [2.05, 4.69) is 16.6 Å². The maximum absolute atomic E-state index is 12.9. The number of benzene rings is 1. The molecule has 0 saturated heterocycles. The molecule has 0 saturated carbocycles. The highest BCUT2D eigenvalue weighted by atomic mass is 32.2. The van der Waals surface area contributed by atoms with Crippen molar-refractivity contribution in [2.45, 2.75) is 62.5 Å². The third kappa shape index (κ3) is 4.90. The van der Waals surface area contributed by atoms with Gasteiger partial charge in [0.15, 0.2) is 5.82 Å². The zero-order valence-electron chi connectivity index (χ0n) is 17.7. The average molecular weight is 466 g/mol. The molecule has 2 aliphatic rings. The molecule has 0 unspecified atom stereocenters. The summed E-state index contributed by atoms with van der Waals surface area (Å²) >= 11 is 3.24. The number of imidazole rings is 1. The second kappa shape index (κ2) is 9.53. The number of thioether (sulfide) groups is 1. The van der Waals surface area contributed by atoms with Crippen molar-refractivity contribution in [3.05, 3.63) is 50.9 Å². The van der Waals surface area contributed by atoms with E-state index in [1.54, 1.807) is 47.4 Å². The van der Waals surface area contributed by atoms with Crippen LogP contribution in [0.1, 0.15) is 48.7 Å².